The van der Waals surface area contributed by atoms with E-state index in [0.717, 1.165) is 0 Å². The molecule has 1 aliphatic heterocycles. The van der Waals surface area contributed by atoms with Crippen LogP contribution in [0.15, 0.2) is 48.5 Å². The molecule has 0 bridgehead atoms. The highest BCUT2D eigenvalue weighted by molar-refractivity contribution is 5.79. The molecule has 2 aromatic carbocycles. The minimum Gasteiger partial charge on any atom is -0.448 e. The number of ether oxygens (including phenoxy) is 1. The van der Waals surface area contributed by atoms with Crippen LogP contribution in [0.5, 0.6) is 0 Å². The summed E-state index contributed by atoms with van der Waals surface area (Å²) < 4.78 is 5.62. The summed E-state index contributed by atoms with van der Waals surface area (Å²) in [6, 6.07) is 16.6. The van der Waals surface area contributed by atoms with E-state index in [2.05, 4.69) is 24.3 Å². The van der Waals surface area contributed by atoms with Gasteiger partial charge in [0.1, 0.15) is 6.61 Å². The Kier molecular flexibility index (Phi) is 3.77. The Hall–Kier alpha value is -2.33. The summed E-state index contributed by atoms with van der Waals surface area (Å²) in [5.74, 6) is 0.0733. The molecule has 1 heterocycles. The molecule has 124 valence electrons. The zero-order valence-electron chi connectivity index (χ0n) is 13.7. The number of hydrogen-bond donors (Lipinski definition) is 1. The van der Waals surface area contributed by atoms with E-state index in [0.29, 0.717) is 19.6 Å². The zero-order chi connectivity index (χ0) is 16.7. The third-order valence-corrected chi connectivity index (χ3v) is 5.12. The zero-order valence-corrected chi connectivity index (χ0v) is 13.7. The number of likely N-dealkylation sites (tertiary alicyclic amines) is 1. The lowest BCUT2D eigenvalue weighted by atomic mass is 9.98. The number of carbonyl (C=O) groups excluding carboxylic acids is 1. The van der Waals surface area contributed by atoms with Crippen LogP contribution in [-0.2, 0) is 4.74 Å². The van der Waals surface area contributed by atoms with Gasteiger partial charge < -0.3 is 14.7 Å². The van der Waals surface area contributed by atoms with Gasteiger partial charge in [0, 0.05) is 12.0 Å². The molecule has 4 heteroatoms. The lowest BCUT2D eigenvalue weighted by Crippen LogP contribution is -2.35. The summed E-state index contributed by atoms with van der Waals surface area (Å²) in [5, 5.41) is 9.71. The number of fused-ring (bicyclic) bond motifs is 3. The molecule has 1 fully saturated rings. The fraction of sp³-hybridized carbons (Fsp3) is 0.350. The molecule has 4 rings (SSSR count). The maximum atomic E-state index is 12.4. The van der Waals surface area contributed by atoms with E-state index >= 15 is 0 Å². The average Bonchev–Trinajstić information content (AvgIpc) is 3.10. The third-order valence-electron chi connectivity index (χ3n) is 5.12. The monoisotopic (exact) mass is 323 g/mol. The highest BCUT2D eigenvalue weighted by Crippen LogP contribution is 2.44. The lowest BCUT2D eigenvalue weighted by molar-refractivity contribution is 0.0929. The second-order valence-corrected chi connectivity index (χ2v) is 6.69. The molecule has 0 saturated carbocycles. The Morgan fingerprint density at radius 2 is 1.71 bits per heavy atom. The summed E-state index contributed by atoms with van der Waals surface area (Å²) in [6.45, 7) is 2.63. The first-order valence-corrected chi connectivity index (χ1v) is 8.45. The van der Waals surface area contributed by atoms with Gasteiger partial charge >= 0.3 is 6.09 Å². The molecule has 2 aromatic rings. The van der Waals surface area contributed by atoms with Crippen molar-refractivity contribution in [2.45, 2.75) is 31.4 Å². The largest absolute Gasteiger partial charge is 0.448 e. The number of hydrogen-bond acceptors (Lipinski definition) is 3. The van der Waals surface area contributed by atoms with Gasteiger partial charge in [0.15, 0.2) is 0 Å². The highest BCUT2D eigenvalue weighted by Gasteiger charge is 2.34. The van der Waals surface area contributed by atoms with Crippen LogP contribution in [-0.4, -0.2) is 41.4 Å². The van der Waals surface area contributed by atoms with Crippen LogP contribution < -0.4 is 0 Å². The smallest absolute Gasteiger partial charge is 0.410 e. The van der Waals surface area contributed by atoms with Gasteiger partial charge in [0.25, 0.3) is 0 Å². The normalized spacial score (nSPS) is 22.3. The van der Waals surface area contributed by atoms with Crippen molar-refractivity contribution < 1.29 is 14.6 Å². The maximum absolute atomic E-state index is 12.4. The van der Waals surface area contributed by atoms with Crippen molar-refractivity contribution in [3.8, 4) is 11.1 Å². The van der Waals surface area contributed by atoms with Crippen molar-refractivity contribution in [1.82, 2.24) is 4.90 Å². The van der Waals surface area contributed by atoms with Gasteiger partial charge in [-0.3, -0.25) is 0 Å². The van der Waals surface area contributed by atoms with Crippen molar-refractivity contribution in [3.63, 3.8) is 0 Å². The van der Waals surface area contributed by atoms with Crippen molar-refractivity contribution in [1.29, 1.82) is 0 Å². The summed E-state index contributed by atoms with van der Waals surface area (Å²) in [5.41, 5.74) is 4.86. The molecule has 2 aliphatic rings. The number of nitrogens with zero attached hydrogens (tertiary/aromatic N) is 1. The SMILES string of the molecule is C[C@@H]1C[C@H](O)CN1C(=O)OCC1c2ccccc2-c2ccccc21. The highest BCUT2D eigenvalue weighted by atomic mass is 16.6. The van der Waals surface area contributed by atoms with Crippen LogP contribution in [0.25, 0.3) is 11.1 Å². The van der Waals surface area contributed by atoms with Gasteiger partial charge in [-0.1, -0.05) is 48.5 Å². The van der Waals surface area contributed by atoms with Gasteiger partial charge in [-0.05, 0) is 35.6 Å². The van der Waals surface area contributed by atoms with Gasteiger partial charge in [-0.2, -0.15) is 0 Å². The van der Waals surface area contributed by atoms with Crippen LogP contribution in [0.3, 0.4) is 0 Å². The number of aliphatic hydroxyl groups is 1. The van der Waals surface area contributed by atoms with E-state index in [1.54, 1.807) is 4.90 Å². The Labute approximate surface area is 141 Å². The molecule has 2 atom stereocenters. The van der Waals surface area contributed by atoms with Gasteiger partial charge in [0.2, 0.25) is 0 Å². The summed E-state index contributed by atoms with van der Waals surface area (Å²) in [6.07, 6.45) is -0.161. The fourth-order valence-corrected chi connectivity index (χ4v) is 3.93. The molecular formula is C20H21NO3. The summed E-state index contributed by atoms with van der Waals surface area (Å²) >= 11 is 0. The van der Waals surface area contributed by atoms with Crippen molar-refractivity contribution in [2.75, 3.05) is 13.2 Å². The molecule has 0 spiro atoms. The Balaban J connectivity index is 1.54. The lowest BCUT2D eigenvalue weighted by Gasteiger charge is -2.22. The van der Waals surface area contributed by atoms with E-state index in [1.165, 1.54) is 22.3 Å². The third kappa shape index (κ3) is 2.47. The second kappa shape index (κ2) is 5.95. The van der Waals surface area contributed by atoms with E-state index in [1.807, 2.05) is 31.2 Å². The second-order valence-electron chi connectivity index (χ2n) is 6.69. The minimum absolute atomic E-state index is 0.0238. The number of rotatable bonds is 2. The topological polar surface area (TPSA) is 49.8 Å². The van der Waals surface area contributed by atoms with Crippen LogP contribution >= 0.6 is 0 Å². The molecule has 1 N–H and O–H groups in total. The molecule has 0 radical (unpaired) electrons. The van der Waals surface area contributed by atoms with Crippen LogP contribution in [0.4, 0.5) is 4.79 Å². The standard InChI is InChI=1S/C20H21NO3/c1-13-10-14(22)11-21(13)20(23)24-12-19-17-8-4-2-6-15(17)16-7-3-5-9-18(16)19/h2-9,13-14,19,22H,10-12H2,1H3/t13-,14+/m1/s1. The van der Waals surface area contributed by atoms with Gasteiger partial charge in [-0.25, -0.2) is 4.79 Å². The molecule has 24 heavy (non-hydrogen) atoms. The molecular weight excluding hydrogens is 302 g/mol. The molecule has 1 amide bonds. The van der Waals surface area contributed by atoms with Gasteiger partial charge in [-0.15, -0.1) is 0 Å². The van der Waals surface area contributed by atoms with E-state index in [9.17, 15) is 9.90 Å². The fourth-order valence-electron chi connectivity index (χ4n) is 3.93. The molecule has 0 unspecified atom stereocenters. The summed E-state index contributed by atoms with van der Waals surface area (Å²) in [7, 11) is 0. The van der Waals surface area contributed by atoms with E-state index in [4.69, 9.17) is 4.74 Å². The Morgan fingerprint density at radius 3 is 2.25 bits per heavy atom. The number of benzene rings is 2. The minimum atomic E-state index is -0.444. The van der Waals surface area contributed by atoms with Crippen LogP contribution in [0.1, 0.15) is 30.4 Å². The maximum Gasteiger partial charge on any atom is 0.410 e. The number of β-amino-alcohol motifs (C(OH)–C–C–N with tert-alkyl or cyclic N) is 1. The Bertz CT molecular complexity index is 727. The first-order chi connectivity index (χ1) is 11.6. The van der Waals surface area contributed by atoms with Crippen molar-refractivity contribution in [3.05, 3.63) is 59.7 Å². The van der Waals surface area contributed by atoms with Crippen molar-refractivity contribution in [2.24, 2.45) is 0 Å². The molecule has 1 saturated heterocycles. The van der Waals surface area contributed by atoms with Crippen molar-refractivity contribution >= 4 is 6.09 Å². The summed E-state index contributed by atoms with van der Waals surface area (Å²) in [4.78, 5) is 14.0. The van der Waals surface area contributed by atoms with Crippen LogP contribution in [0.2, 0.25) is 0 Å². The molecule has 0 aromatic heterocycles. The van der Waals surface area contributed by atoms with Crippen LogP contribution in [0, 0.1) is 0 Å². The van der Waals surface area contributed by atoms with E-state index in [-0.39, 0.29) is 18.1 Å². The number of amides is 1. The first kappa shape index (κ1) is 15.2. The predicted molar refractivity (Wildman–Crippen MR) is 91.9 cm³/mol. The molecule has 1 aliphatic carbocycles. The average molecular weight is 323 g/mol. The number of aliphatic hydroxyl groups excluding tert-OH is 1. The Morgan fingerprint density at radius 1 is 1.12 bits per heavy atom. The first-order valence-electron chi connectivity index (χ1n) is 8.45. The molecule has 4 nitrogen and oxygen atoms in total. The van der Waals surface area contributed by atoms with E-state index < -0.39 is 6.10 Å². The quantitative estimate of drug-likeness (QED) is 0.921. The van der Waals surface area contributed by atoms with Gasteiger partial charge in [0.05, 0.1) is 12.6 Å². The predicted octanol–water partition coefficient (Wildman–Crippen LogP) is 3.39. The number of carbonyl (C=O) groups is 1.